The van der Waals surface area contributed by atoms with Crippen LogP contribution in [0.1, 0.15) is 32.4 Å². The first-order chi connectivity index (χ1) is 19.7. The molecule has 1 aliphatic heterocycles. The predicted octanol–water partition coefficient (Wildman–Crippen LogP) is 5.32. The quantitative estimate of drug-likeness (QED) is 0.225. The van der Waals surface area contributed by atoms with Gasteiger partial charge in [0, 0.05) is 35.8 Å². The molecule has 1 fully saturated rings. The largest absolute Gasteiger partial charge is 0.457 e. The molecule has 3 heterocycles. The minimum atomic E-state index is -0.431. The number of nitrogens with one attached hydrogen (secondary N) is 1. The van der Waals surface area contributed by atoms with E-state index in [2.05, 4.69) is 16.3 Å². The standard InChI is InChI=1S/C32H35N7O2/c1-32(2,38(3)4)19-22(20-33)31(40)39-16-8-9-24(39)17-23-18-27-28(30(34)37-36-27)29(35-23)21-12-14-26(15-13-21)41-25-10-6-5-7-11-25/h5-7,10-15,18-19,24H,8-9,16-17H2,1-4H3,(H3,34,36,37)/b22-19-/t24-/m1/s1. The summed E-state index contributed by atoms with van der Waals surface area (Å²) in [6.45, 7) is 4.58. The fraction of sp³-hybridized carbons (Fsp3) is 0.312. The van der Waals surface area contributed by atoms with Crippen LogP contribution in [-0.2, 0) is 11.2 Å². The number of nitrogens with two attached hydrogens (primary N) is 1. The van der Waals surface area contributed by atoms with E-state index < -0.39 is 5.54 Å². The zero-order valence-electron chi connectivity index (χ0n) is 23.9. The van der Waals surface area contributed by atoms with E-state index in [1.54, 1.807) is 6.08 Å². The lowest BCUT2D eigenvalue weighted by Gasteiger charge is -2.30. The molecule has 1 saturated heterocycles. The lowest BCUT2D eigenvalue weighted by atomic mass is 9.99. The van der Waals surface area contributed by atoms with Crippen molar-refractivity contribution in [2.24, 2.45) is 0 Å². The van der Waals surface area contributed by atoms with Gasteiger partial charge in [-0.3, -0.25) is 14.9 Å². The average molecular weight is 550 g/mol. The Morgan fingerprint density at radius 3 is 2.59 bits per heavy atom. The third kappa shape index (κ3) is 5.93. The molecule has 1 amide bonds. The number of H-pyrrole nitrogens is 1. The highest BCUT2D eigenvalue weighted by Gasteiger charge is 2.32. The molecule has 1 aliphatic rings. The molecular formula is C32H35N7O2. The third-order valence-electron chi connectivity index (χ3n) is 7.82. The summed E-state index contributed by atoms with van der Waals surface area (Å²) in [5.41, 5.74) is 9.18. The number of pyridine rings is 1. The molecule has 2 aromatic heterocycles. The maximum atomic E-state index is 13.5. The molecule has 5 rings (SSSR count). The number of aromatic nitrogens is 3. The Kier molecular flexibility index (Phi) is 7.77. The molecule has 1 atom stereocenters. The summed E-state index contributed by atoms with van der Waals surface area (Å²) in [7, 11) is 3.86. The highest BCUT2D eigenvalue weighted by molar-refractivity contribution is 6.00. The molecule has 0 radical (unpaired) electrons. The molecule has 3 N–H and O–H groups in total. The van der Waals surface area contributed by atoms with Gasteiger partial charge in [-0.2, -0.15) is 10.4 Å². The Balaban J connectivity index is 1.42. The molecule has 0 aliphatic carbocycles. The van der Waals surface area contributed by atoms with Crippen molar-refractivity contribution in [1.29, 1.82) is 5.26 Å². The molecular weight excluding hydrogens is 514 g/mol. The number of anilines is 1. The van der Waals surface area contributed by atoms with Crippen molar-refractivity contribution in [2.45, 2.75) is 44.7 Å². The second kappa shape index (κ2) is 11.4. The summed E-state index contributed by atoms with van der Waals surface area (Å²) in [5.74, 6) is 1.62. The van der Waals surface area contributed by atoms with Crippen LogP contribution in [0.2, 0.25) is 0 Å². The molecule has 0 unspecified atom stereocenters. The van der Waals surface area contributed by atoms with Gasteiger partial charge in [-0.15, -0.1) is 0 Å². The van der Waals surface area contributed by atoms with Gasteiger partial charge < -0.3 is 20.3 Å². The monoisotopic (exact) mass is 549 g/mol. The first-order valence-corrected chi connectivity index (χ1v) is 13.7. The van der Waals surface area contributed by atoms with Crippen LogP contribution in [0.25, 0.3) is 22.2 Å². The van der Waals surface area contributed by atoms with Crippen LogP contribution in [0.5, 0.6) is 11.5 Å². The van der Waals surface area contributed by atoms with Crippen LogP contribution < -0.4 is 10.5 Å². The highest BCUT2D eigenvalue weighted by atomic mass is 16.5. The molecule has 41 heavy (non-hydrogen) atoms. The predicted molar refractivity (Wildman–Crippen MR) is 160 cm³/mol. The molecule has 0 bridgehead atoms. The van der Waals surface area contributed by atoms with E-state index in [-0.39, 0.29) is 17.5 Å². The number of nitriles is 1. The minimum absolute atomic E-state index is 0.0681. The summed E-state index contributed by atoms with van der Waals surface area (Å²) < 4.78 is 5.95. The van der Waals surface area contributed by atoms with E-state index >= 15 is 0 Å². The van der Waals surface area contributed by atoms with Gasteiger partial charge in [-0.05, 0) is 89.3 Å². The van der Waals surface area contributed by atoms with Gasteiger partial charge in [0.1, 0.15) is 23.1 Å². The van der Waals surface area contributed by atoms with E-state index in [9.17, 15) is 10.1 Å². The van der Waals surface area contributed by atoms with Gasteiger partial charge in [-0.1, -0.05) is 18.2 Å². The van der Waals surface area contributed by atoms with Crippen molar-refractivity contribution < 1.29 is 9.53 Å². The maximum absolute atomic E-state index is 13.5. The summed E-state index contributed by atoms with van der Waals surface area (Å²) >= 11 is 0. The smallest absolute Gasteiger partial charge is 0.264 e. The number of para-hydroxylation sites is 1. The number of aromatic amines is 1. The highest BCUT2D eigenvalue weighted by Crippen LogP contribution is 2.33. The number of ether oxygens (including phenoxy) is 1. The van der Waals surface area contributed by atoms with E-state index in [0.29, 0.717) is 24.5 Å². The molecule has 0 spiro atoms. The number of hydrogen-bond donors (Lipinski definition) is 2. The van der Waals surface area contributed by atoms with Crippen molar-refractivity contribution >= 4 is 22.6 Å². The van der Waals surface area contributed by atoms with Crippen LogP contribution in [0.15, 0.2) is 72.3 Å². The van der Waals surface area contributed by atoms with Crippen molar-refractivity contribution in [3.63, 3.8) is 0 Å². The maximum Gasteiger partial charge on any atom is 0.264 e. The van der Waals surface area contributed by atoms with Crippen molar-refractivity contribution in [1.82, 2.24) is 25.0 Å². The Morgan fingerprint density at radius 2 is 1.90 bits per heavy atom. The summed E-state index contributed by atoms with van der Waals surface area (Å²) in [4.78, 5) is 22.3. The SMILES string of the molecule is CN(C)C(C)(C)/C=C(/C#N)C(=O)N1CCC[C@@H]1Cc1cc2[nH]nc(N)c2c(-c2ccc(Oc3ccccc3)cc2)n1. The molecule has 2 aromatic carbocycles. The number of benzene rings is 2. The van der Waals surface area contributed by atoms with Gasteiger partial charge in [-0.25, -0.2) is 0 Å². The number of nitrogens with zero attached hydrogens (tertiary/aromatic N) is 5. The molecule has 0 saturated carbocycles. The van der Waals surface area contributed by atoms with Crippen molar-refractivity contribution in [2.75, 3.05) is 26.4 Å². The Hall–Kier alpha value is -4.68. The van der Waals surface area contributed by atoms with E-state index in [1.807, 2.05) is 98.4 Å². The second-order valence-electron chi connectivity index (χ2n) is 11.1. The number of likely N-dealkylation sites (tertiary alicyclic amines) is 1. The Morgan fingerprint density at radius 1 is 1.20 bits per heavy atom. The lowest BCUT2D eigenvalue weighted by Crippen LogP contribution is -2.40. The number of carbonyl (C=O) groups excluding carboxylic acids is 1. The molecule has 9 heteroatoms. The first-order valence-electron chi connectivity index (χ1n) is 13.7. The average Bonchev–Trinajstić information content (AvgIpc) is 3.58. The molecule has 9 nitrogen and oxygen atoms in total. The molecule has 210 valence electrons. The Labute approximate surface area is 240 Å². The van der Waals surface area contributed by atoms with Gasteiger partial charge in [0.25, 0.3) is 5.91 Å². The van der Waals surface area contributed by atoms with Crippen LogP contribution in [0.4, 0.5) is 5.82 Å². The van der Waals surface area contributed by atoms with Crippen molar-refractivity contribution in [3.05, 3.63) is 78.0 Å². The van der Waals surface area contributed by atoms with Gasteiger partial charge in [0.2, 0.25) is 0 Å². The van der Waals surface area contributed by atoms with E-state index in [1.165, 1.54) is 0 Å². The number of hydrogen-bond acceptors (Lipinski definition) is 7. The zero-order valence-corrected chi connectivity index (χ0v) is 23.9. The van der Waals surface area contributed by atoms with E-state index in [0.717, 1.165) is 46.4 Å². The van der Waals surface area contributed by atoms with Gasteiger partial charge >= 0.3 is 0 Å². The van der Waals surface area contributed by atoms with Gasteiger partial charge in [0.15, 0.2) is 5.82 Å². The van der Waals surface area contributed by atoms with Crippen LogP contribution in [-0.4, -0.2) is 63.1 Å². The first kappa shape index (κ1) is 27.9. The normalized spacial score (nSPS) is 15.9. The van der Waals surface area contributed by atoms with Gasteiger partial charge in [0.05, 0.1) is 16.6 Å². The number of carbonyl (C=O) groups is 1. The number of amides is 1. The summed E-state index contributed by atoms with van der Waals surface area (Å²) in [5, 5.41) is 17.8. The van der Waals surface area contributed by atoms with Crippen molar-refractivity contribution in [3.8, 4) is 28.8 Å². The zero-order chi connectivity index (χ0) is 29.1. The minimum Gasteiger partial charge on any atom is -0.457 e. The third-order valence-corrected chi connectivity index (χ3v) is 7.82. The number of likely N-dealkylation sites (N-methyl/N-ethyl adjacent to an activating group) is 1. The molecule has 4 aromatic rings. The second-order valence-corrected chi connectivity index (χ2v) is 11.1. The lowest BCUT2D eigenvalue weighted by molar-refractivity contribution is -0.127. The fourth-order valence-electron chi connectivity index (χ4n) is 5.08. The number of nitrogen functional groups attached to an aromatic ring is 1. The topological polar surface area (TPSA) is 124 Å². The summed E-state index contributed by atoms with van der Waals surface area (Å²) in [6.07, 6.45) is 4.03. The van der Waals surface area contributed by atoms with Crippen LogP contribution in [0.3, 0.4) is 0 Å². The fourth-order valence-corrected chi connectivity index (χ4v) is 5.08. The number of fused-ring (bicyclic) bond motifs is 1. The number of rotatable bonds is 8. The van der Waals surface area contributed by atoms with E-state index in [4.69, 9.17) is 15.5 Å². The van der Waals surface area contributed by atoms with Crippen LogP contribution in [0, 0.1) is 11.3 Å². The summed E-state index contributed by atoms with van der Waals surface area (Å²) in [6, 6.07) is 21.4. The van der Waals surface area contributed by atoms with Crippen LogP contribution >= 0.6 is 0 Å². The Bertz CT molecular complexity index is 1620.